The Morgan fingerprint density at radius 3 is 2.26 bits per heavy atom. The summed E-state index contributed by atoms with van der Waals surface area (Å²) < 4.78 is 0. The number of para-hydroxylation sites is 2. The summed E-state index contributed by atoms with van der Waals surface area (Å²) in [6.45, 7) is 4.55. The molecule has 1 fully saturated rings. The topological polar surface area (TPSA) is 66.7 Å². The van der Waals surface area contributed by atoms with E-state index >= 15 is 0 Å². The van der Waals surface area contributed by atoms with Crippen LogP contribution in [0.3, 0.4) is 0 Å². The third-order valence-electron chi connectivity index (χ3n) is 5.11. The van der Waals surface area contributed by atoms with Crippen molar-refractivity contribution in [3.05, 3.63) is 69.8 Å². The SMILES string of the molecule is CCc1ccc(CCC(=O)N2CCN(c3ccccc3[N+](=O)[O-])CC2)cc1. The number of carbonyl (C=O) groups is 1. The Bertz CT molecular complexity index is 797. The highest BCUT2D eigenvalue weighted by atomic mass is 16.6. The Hall–Kier alpha value is -2.89. The maximum absolute atomic E-state index is 12.5. The number of nitro groups is 1. The predicted molar refractivity (Wildman–Crippen MR) is 106 cm³/mol. The van der Waals surface area contributed by atoms with Crippen LogP contribution in [-0.2, 0) is 17.6 Å². The number of hydrogen-bond donors (Lipinski definition) is 0. The number of nitrogens with zero attached hydrogens (tertiary/aromatic N) is 3. The molecule has 1 amide bonds. The van der Waals surface area contributed by atoms with E-state index in [0.717, 1.165) is 12.8 Å². The molecule has 27 heavy (non-hydrogen) atoms. The predicted octanol–water partition coefficient (Wildman–Crippen LogP) is 3.44. The fourth-order valence-electron chi connectivity index (χ4n) is 3.43. The third-order valence-corrected chi connectivity index (χ3v) is 5.11. The van der Waals surface area contributed by atoms with Crippen molar-refractivity contribution in [3.63, 3.8) is 0 Å². The lowest BCUT2D eigenvalue weighted by Gasteiger charge is -2.35. The van der Waals surface area contributed by atoms with Crippen LogP contribution in [0.5, 0.6) is 0 Å². The summed E-state index contributed by atoms with van der Waals surface area (Å²) in [6.07, 6.45) is 2.26. The molecule has 142 valence electrons. The summed E-state index contributed by atoms with van der Waals surface area (Å²) >= 11 is 0. The molecule has 1 heterocycles. The van der Waals surface area contributed by atoms with Crippen molar-refractivity contribution in [2.24, 2.45) is 0 Å². The lowest BCUT2D eigenvalue weighted by atomic mass is 10.1. The van der Waals surface area contributed by atoms with Gasteiger partial charge in [0.25, 0.3) is 5.69 Å². The molecule has 1 aliphatic heterocycles. The maximum atomic E-state index is 12.5. The van der Waals surface area contributed by atoms with Crippen LogP contribution < -0.4 is 4.90 Å². The van der Waals surface area contributed by atoms with Gasteiger partial charge in [-0.3, -0.25) is 14.9 Å². The molecule has 2 aromatic carbocycles. The van der Waals surface area contributed by atoms with Crippen LogP contribution in [-0.4, -0.2) is 41.9 Å². The van der Waals surface area contributed by atoms with E-state index in [-0.39, 0.29) is 16.5 Å². The summed E-state index contributed by atoms with van der Waals surface area (Å²) in [4.78, 5) is 27.2. The Morgan fingerprint density at radius 2 is 1.63 bits per heavy atom. The maximum Gasteiger partial charge on any atom is 0.292 e. The molecular weight excluding hydrogens is 342 g/mol. The van der Waals surface area contributed by atoms with Gasteiger partial charge in [-0.1, -0.05) is 43.3 Å². The summed E-state index contributed by atoms with van der Waals surface area (Å²) in [5.41, 5.74) is 3.23. The first-order chi connectivity index (χ1) is 13.1. The molecule has 3 rings (SSSR count). The fourth-order valence-corrected chi connectivity index (χ4v) is 3.43. The standard InChI is InChI=1S/C21H25N3O3/c1-2-17-7-9-18(10-8-17)11-12-21(25)23-15-13-22(14-16-23)19-5-3-4-6-20(19)24(26)27/h3-10H,2,11-16H2,1H3. The van der Waals surface area contributed by atoms with Crippen molar-refractivity contribution in [2.45, 2.75) is 26.2 Å². The van der Waals surface area contributed by atoms with Crippen molar-refractivity contribution in [2.75, 3.05) is 31.1 Å². The number of nitro benzene ring substituents is 1. The minimum atomic E-state index is -0.351. The normalized spacial score (nSPS) is 14.3. The van der Waals surface area contributed by atoms with Gasteiger partial charge in [-0.2, -0.15) is 0 Å². The number of benzene rings is 2. The van der Waals surface area contributed by atoms with Crippen molar-refractivity contribution in [3.8, 4) is 0 Å². The molecule has 0 N–H and O–H groups in total. The largest absolute Gasteiger partial charge is 0.362 e. The number of hydrogen-bond acceptors (Lipinski definition) is 4. The van der Waals surface area contributed by atoms with Crippen molar-refractivity contribution >= 4 is 17.3 Å². The van der Waals surface area contributed by atoms with Gasteiger partial charge in [-0.15, -0.1) is 0 Å². The van der Waals surface area contributed by atoms with Gasteiger partial charge in [0.2, 0.25) is 5.91 Å². The number of rotatable bonds is 6. The minimum Gasteiger partial charge on any atom is -0.362 e. The number of anilines is 1. The van der Waals surface area contributed by atoms with E-state index in [1.54, 1.807) is 12.1 Å². The van der Waals surface area contributed by atoms with Gasteiger partial charge in [0.1, 0.15) is 5.69 Å². The molecular formula is C21H25N3O3. The molecule has 2 aromatic rings. The molecule has 0 unspecified atom stereocenters. The third kappa shape index (κ3) is 4.64. The molecule has 0 bridgehead atoms. The van der Waals surface area contributed by atoms with E-state index in [0.29, 0.717) is 38.3 Å². The zero-order valence-corrected chi connectivity index (χ0v) is 15.6. The molecule has 1 aliphatic rings. The van der Waals surface area contributed by atoms with E-state index in [1.165, 1.54) is 17.2 Å². The molecule has 0 radical (unpaired) electrons. The molecule has 0 aromatic heterocycles. The first-order valence-electron chi connectivity index (χ1n) is 9.42. The van der Waals surface area contributed by atoms with E-state index in [9.17, 15) is 14.9 Å². The number of aryl methyl sites for hydroxylation is 2. The average Bonchev–Trinajstić information content (AvgIpc) is 2.72. The molecule has 0 atom stereocenters. The molecule has 0 spiro atoms. The Labute approximate surface area is 159 Å². The molecule has 1 saturated heterocycles. The minimum absolute atomic E-state index is 0.118. The second kappa shape index (κ2) is 8.66. The van der Waals surface area contributed by atoms with Crippen molar-refractivity contribution in [1.29, 1.82) is 0 Å². The van der Waals surface area contributed by atoms with Crippen LogP contribution in [0, 0.1) is 10.1 Å². The summed E-state index contributed by atoms with van der Waals surface area (Å²) in [7, 11) is 0. The highest BCUT2D eigenvalue weighted by Crippen LogP contribution is 2.28. The van der Waals surface area contributed by atoms with Crippen LogP contribution in [0.15, 0.2) is 48.5 Å². The number of piperazine rings is 1. The first kappa shape index (κ1) is 18.9. The second-order valence-corrected chi connectivity index (χ2v) is 6.78. The quantitative estimate of drug-likeness (QED) is 0.579. The van der Waals surface area contributed by atoms with Gasteiger partial charge < -0.3 is 9.80 Å². The van der Waals surface area contributed by atoms with E-state index in [1.807, 2.05) is 15.9 Å². The van der Waals surface area contributed by atoms with Gasteiger partial charge in [0.15, 0.2) is 0 Å². The van der Waals surface area contributed by atoms with Gasteiger partial charge in [-0.05, 0) is 30.0 Å². The number of carbonyl (C=O) groups excluding carboxylic acids is 1. The van der Waals surface area contributed by atoms with Gasteiger partial charge >= 0.3 is 0 Å². The molecule has 6 heteroatoms. The van der Waals surface area contributed by atoms with E-state index in [4.69, 9.17) is 0 Å². The van der Waals surface area contributed by atoms with Crippen LogP contribution >= 0.6 is 0 Å². The van der Waals surface area contributed by atoms with Crippen LogP contribution in [0.4, 0.5) is 11.4 Å². The smallest absolute Gasteiger partial charge is 0.292 e. The summed E-state index contributed by atoms with van der Waals surface area (Å²) in [5.74, 6) is 0.150. The van der Waals surface area contributed by atoms with E-state index in [2.05, 4.69) is 31.2 Å². The Kier molecular flexibility index (Phi) is 6.06. The van der Waals surface area contributed by atoms with Crippen LogP contribution in [0.1, 0.15) is 24.5 Å². The highest BCUT2D eigenvalue weighted by molar-refractivity contribution is 5.77. The first-order valence-corrected chi connectivity index (χ1v) is 9.42. The Balaban J connectivity index is 1.52. The lowest BCUT2D eigenvalue weighted by Crippen LogP contribution is -2.49. The Morgan fingerprint density at radius 1 is 1.00 bits per heavy atom. The number of amides is 1. The van der Waals surface area contributed by atoms with E-state index < -0.39 is 0 Å². The van der Waals surface area contributed by atoms with Crippen molar-refractivity contribution in [1.82, 2.24) is 4.90 Å². The summed E-state index contributed by atoms with van der Waals surface area (Å²) in [5, 5.41) is 11.2. The fraction of sp³-hybridized carbons (Fsp3) is 0.381. The highest BCUT2D eigenvalue weighted by Gasteiger charge is 2.25. The van der Waals surface area contributed by atoms with Crippen LogP contribution in [0.2, 0.25) is 0 Å². The zero-order chi connectivity index (χ0) is 19.2. The summed E-state index contributed by atoms with van der Waals surface area (Å²) in [6, 6.07) is 15.2. The lowest BCUT2D eigenvalue weighted by molar-refractivity contribution is -0.384. The monoisotopic (exact) mass is 367 g/mol. The van der Waals surface area contributed by atoms with Gasteiger partial charge in [-0.25, -0.2) is 0 Å². The second-order valence-electron chi connectivity index (χ2n) is 6.78. The zero-order valence-electron chi connectivity index (χ0n) is 15.6. The van der Waals surface area contributed by atoms with Crippen molar-refractivity contribution < 1.29 is 9.72 Å². The van der Waals surface area contributed by atoms with Gasteiger partial charge in [0, 0.05) is 38.7 Å². The molecule has 0 aliphatic carbocycles. The molecule has 0 saturated carbocycles. The average molecular weight is 367 g/mol. The van der Waals surface area contributed by atoms with Crippen LogP contribution in [0.25, 0.3) is 0 Å². The molecule has 6 nitrogen and oxygen atoms in total. The van der Waals surface area contributed by atoms with Gasteiger partial charge in [0.05, 0.1) is 4.92 Å².